The molecule has 128 valence electrons. The molecule has 0 aromatic heterocycles. The molecule has 1 atom stereocenters. The van der Waals surface area contributed by atoms with Crippen molar-refractivity contribution in [3.05, 3.63) is 34.9 Å². The van der Waals surface area contributed by atoms with Crippen molar-refractivity contribution < 1.29 is 9.59 Å². The summed E-state index contributed by atoms with van der Waals surface area (Å²) in [5.74, 6) is -0.858. The van der Waals surface area contributed by atoms with Gasteiger partial charge in [-0.15, -0.1) is 0 Å². The zero-order valence-corrected chi connectivity index (χ0v) is 14.4. The highest BCUT2D eigenvalue weighted by Crippen LogP contribution is 2.35. The first kappa shape index (κ1) is 18.0. The molecule has 0 aliphatic heterocycles. The van der Waals surface area contributed by atoms with Crippen LogP contribution in [0.15, 0.2) is 18.2 Å². The lowest BCUT2D eigenvalue weighted by molar-refractivity contribution is -0.129. The molecule has 5 nitrogen and oxygen atoms in total. The quantitative estimate of drug-likeness (QED) is 0.666. The SMILES string of the molecule is Cc1ccc(C(N)=O)c([C@H](CC2CCCCC2)C(=O)N(C)C#N)c1. The standard InChI is InChI=1S/C19H25N3O2/c1-13-8-9-15(18(21)23)16(10-13)17(19(24)22(2)12-20)11-14-6-4-3-5-7-14/h8-10,14,17H,3-7,11H2,1-2H3,(H2,21,23)/t17-/m0/s1. The Hall–Kier alpha value is -2.35. The van der Waals surface area contributed by atoms with E-state index in [4.69, 9.17) is 11.0 Å². The first-order chi connectivity index (χ1) is 11.4. The largest absolute Gasteiger partial charge is 0.366 e. The summed E-state index contributed by atoms with van der Waals surface area (Å²) in [6.45, 7) is 1.92. The first-order valence-electron chi connectivity index (χ1n) is 8.51. The summed E-state index contributed by atoms with van der Waals surface area (Å²) in [5, 5.41) is 9.10. The molecule has 0 bridgehead atoms. The Morgan fingerprint density at radius 3 is 2.58 bits per heavy atom. The number of likely N-dealkylation sites (N-methyl/N-ethyl adjacent to an activating group) is 1. The Morgan fingerprint density at radius 1 is 1.33 bits per heavy atom. The number of rotatable bonds is 5. The van der Waals surface area contributed by atoms with Crippen LogP contribution < -0.4 is 5.73 Å². The van der Waals surface area contributed by atoms with Crippen molar-refractivity contribution in [2.45, 2.75) is 51.4 Å². The number of amides is 2. The van der Waals surface area contributed by atoms with Gasteiger partial charge in [0.15, 0.2) is 6.19 Å². The Balaban J connectivity index is 2.41. The van der Waals surface area contributed by atoms with Crippen molar-refractivity contribution in [2.75, 3.05) is 7.05 Å². The van der Waals surface area contributed by atoms with Gasteiger partial charge in [0.1, 0.15) is 0 Å². The van der Waals surface area contributed by atoms with Crippen molar-refractivity contribution in [3.63, 3.8) is 0 Å². The van der Waals surface area contributed by atoms with Crippen LogP contribution in [0.1, 0.15) is 65.9 Å². The molecule has 1 aromatic carbocycles. The van der Waals surface area contributed by atoms with E-state index in [0.29, 0.717) is 23.5 Å². The van der Waals surface area contributed by atoms with E-state index in [1.54, 1.807) is 6.07 Å². The van der Waals surface area contributed by atoms with Gasteiger partial charge in [0, 0.05) is 12.6 Å². The molecule has 0 radical (unpaired) electrons. The minimum Gasteiger partial charge on any atom is -0.366 e. The summed E-state index contributed by atoms with van der Waals surface area (Å²) in [6.07, 6.45) is 8.33. The summed E-state index contributed by atoms with van der Waals surface area (Å²) in [5.41, 5.74) is 7.51. The zero-order valence-electron chi connectivity index (χ0n) is 14.4. The minimum atomic E-state index is -0.536. The molecule has 1 aromatic rings. The number of primary amides is 1. The fraction of sp³-hybridized carbons (Fsp3) is 0.526. The molecule has 5 heteroatoms. The van der Waals surface area contributed by atoms with Crippen molar-refractivity contribution in [1.82, 2.24) is 4.90 Å². The highest BCUT2D eigenvalue weighted by atomic mass is 16.2. The van der Waals surface area contributed by atoms with Crippen LogP contribution in [0.2, 0.25) is 0 Å². The molecule has 0 saturated heterocycles. The second kappa shape index (κ2) is 7.96. The van der Waals surface area contributed by atoms with E-state index in [0.717, 1.165) is 23.3 Å². The Bertz CT molecular complexity index is 657. The topological polar surface area (TPSA) is 87.2 Å². The van der Waals surface area contributed by atoms with Gasteiger partial charge in [-0.05, 0) is 30.9 Å². The lowest BCUT2D eigenvalue weighted by Crippen LogP contribution is -2.31. The van der Waals surface area contributed by atoms with Crippen molar-refractivity contribution in [1.29, 1.82) is 5.26 Å². The average Bonchev–Trinajstić information content (AvgIpc) is 2.58. The van der Waals surface area contributed by atoms with Gasteiger partial charge in [0.2, 0.25) is 11.8 Å². The predicted octanol–water partition coefficient (Wildman–Crippen LogP) is 3.09. The van der Waals surface area contributed by atoms with Gasteiger partial charge in [0.05, 0.1) is 5.92 Å². The normalized spacial score (nSPS) is 16.2. The van der Waals surface area contributed by atoms with E-state index in [2.05, 4.69) is 0 Å². The number of carbonyl (C=O) groups is 2. The Kier molecular flexibility index (Phi) is 5.97. The van der Waals surface area contributed by atoms with E-state index >= 15 is 0 Å². The summed E-state index contributed by atoms with van der Waals surface area (Å²) in [4.78, 5) is 25.7. The number of benzene rings is 1. The summed E-state index contributed by atoms with van der Waals surface area (Å²) in [6, 6.07) is 5.36. The van der Waals surface area contributed by atoms with Crippen LogP contribution in [0.4, 0.5) is 0 Å². The van der Waals surface area contributed by atoms with E-state index in [9.17, 15) is 9.59 Å². The maximum atomic E-state index is 12.8. The van der Waals surface area contributed by atoms with Crippen LogP contribution in [0.3, 0.4) is 0 Å². The first-order valence-corrected chi connectivity index (χ1v) is 8.51. The van der Waals surface area contributed by atoms with Crippen molar-refractivity contribution in [2.24, 2.45) is 11.7 Å². The summed E-state index contributed by atoms with van der Waals surface area (Å²) < 4.78 is 0. The number of nitriles is 1. The molecule has 0 unspecified atom stereocenters. The van der Waals surface area contributed by atoms with Crippen LogP contribution in [-0.2, 0) is 4.79 Å². The van der Waals surface area contributed by atoms with Gasteiger partial charge in [-0.3, -0.25) is 14.5 Å². The molecule has 2 N–H and O–H groups in total. The lowest BCUT2D eigenvalue weighted by atomic mass is 9.78. The number of aryl methyl sites for hydroxylation is 1. The molecule has 24 heavy (non-hydrogen) atoms. The fourth-order valence-electron chi connectivity index (χ4n) is 3.59. The highest BCUT2D eigenvalue weighted by Gasteiger charge is 2.30. The van der Waals surface area contributed by atoms with Gasteiger partial charge in [-0.2, -0.15) is 5.26 Å². The van der Waals surface area contributed by atoms with Crippen LogP contribution >= 0.6 is 0 Å². The van der Waals surface area contributed by atoms with Gasteiger partial charge in [0.25, 0.3) is 0 Å². The molecule has 2 amide bonds. The van der Waals surface area contributed by atoms with Gasteiger partial charge < -0.3 is 5.73 Å². The van der Waals surface area contributed by atoms with E-state index in [-0.39, 0.29) is 5.91 Å². The molecule has 0 spiro atoms. The van der Waals surface area contributed by atoms with Crippen LogP contribution in [0.5, 0.6) is 0 Å². The second-order valence-electron chi connectivity index (χ2n) is 6.74. The number of hydrogen-bond acceptors (Lipinski definition) is 3. The van der Waals surface area contributed by atoms with Crippen molar-refractivity contribution >= 4 is 11.8 Å². The Labute approximate surface area is 143 Å². The van der Waals surface area contributed by atoms with Crippen LogP contribution in [-0.4, -0.2) is 23.8 Å². The minimum absolute atomic E-state index is 0.267. The van der Waals surface area contributed by atoms with Crippen LogP contribution in [0.25, 0.3) is 0 Å². The predicted molar refractivity (Wildman–Crippen MR) is 92.0 cm³/mol. The average molecular weight is 327 g/mol. The van der Waals surface area contributed by atoms with E-state index < -0.39 is 11.8 Å². The van der Waals surface area contributed by atoms with Gasteiger partial charge in [-0.25, -0.2) is 0 Å². The van der Waals surface area contributed by atoms with Gasteiger partial charge >= 0.3 is 0 Å². The van der Waals surface area contributed by atoms with E-state index in [1.807, 2.05) is 25.2 Å². The third-order valence-electron chi connectivity index (χ3n) is 4.92. The second-order valence-corrected chi connectivity index (χ2v) is 6.74. The molecule has 1 saturated carbocycles. The monoisotopic (exact) mass is 327 g/mol. The molecule has 1 fully saturated rings. The smallest absolute Gasteiger partial charge is 0.249 e. The highest BCUT2D eigenvalue weighted by molar-refractivity contribution is 5.97. The third-order valence-corrected chi connectivity index (χ3v) is 4.92. The maximum Gasteiger partial charge on any atom is 0.249 e. The van der Waals surface area contributed by atoms with Crippen molar-refractivity contribution in [3.8, 4) is 6.19 Å². The van der Waals surface area contributed by atoms with Gasteiger partial charge in [-0.1, -0.05) is 49.8 Å². The summed E-state index contributed by atoms with van der Waals surface area (Å²) >= 11 is 0. The molecule has 0 heterocycles. The number of nitrogens with zero attached hydrogens (tertiary/aromatic N) is 2. The molecule has 1 aliphatic rings. The molecule has 2 rings (SSSR count). The lowest BCUT2D eigenvalue weighted by Gasteiger charge is -2.28. The molecular formula is C19H25N3O2. The fourth-order valence-corrected chi connectivity index (χ4v) is 3.59. The third kappa shape index (κ3) is 4.14. The summed E-state index contributed by atoms with van der Waals surface area (Å²) in [7, 11) is 1.47. The maximum absolute atomic E-state index is 12.8. The number of nitrogens with two attached hydrogens (primary N) is 1. The number of carbonyl (C=O) groups excluding carboxylic acids is 2. The van der Waals surface area contributed by atoms with E-state index in [1.165, 1.54) is 26.3 Å². The molecular weight excluding hydrogens is 302 g/mol. The number of hydrogen-bond donors (Lipinski definition) is 1. The molecule has 1 aliphatic carbocycles. The Morgan fingerprint density at radius 2 is 2.00 bits per heavy atom. The van der Waals surface area contributed by atoms with Crippen LogP contribution in [0, 0.1) is 24.3 Å². The zero-order chi connectivity index (χ0) is 17.7.